The number of rotatable bonds is 13. The van der Waals surface area contributed by atoms with E-state index in [1.54, 1.807) is 13.8 Å². The number of aliphatic carboxylic acids is 1. The van der Waals surface area contributed by atoms with Crippen molar-refractivity contribution in [1.29, 1.82) is 0 Å². The summed E-state index contributed by atoms with van der Waals surface area (Å²) < 4.78 is 0. The fourth-order valence-electron chi connectivity index (χ4n) is 5.04. The van der Waals surface area contributed by atoms with E-state index in [1.807, 2.05) is 13.8 Å². The van der Waals surface area contributed by atoms with Gasteiger partial charge in [-0.05, 0) is 43.9 Å². The van der Waals surface area contributed by atoms with Gasteiger partial charge >= 0.3 is 5.97 Å². The lowest BCUT2D eigenvalue weighted by atomic mass is 10.0. The van der Waals surface area contributed by atoms with Crippen LogP contribution < -0.4 is 21.7 Å². The van der Waals surface area contributed by atoms with Crippen LogP contribution in [0.3, 0.4) is 0 Å². The number of aliphatic hydroxyl groups excluding tert-OH is 1. The van der Waals surface area contributed by atoms with Crippen molar-refractivity contribution < 1.29 is 39.0 Å². The summed E-state index contributed by atoms with van der Waals surface area (Å²) in [5.41, 5.74) is 5.85. The molecule has 2 aliphatic rings. The molecule has 0 aromatic heterocycles. The Bertz CT molecular complexity index is 957. The van der Waals surface area contributed by atoms with Crippen molar-refractivity contribution in [3.05, 3.63) is 0 Å². The quantitative estimate of drug-likeness (QED) is 0.147. The van der Waals surface area contributed by atoms with Crippen LogP contribution in [0.25, 0.3) is 0 Å². The number of amides is 5. The highest BCUT2D eigenvalue weighted by Crippen LogP contribution is 2.21. The molecule has 226 valence electrons. The van der Waals surface area contributed by atoms with Crippen LogP contribution in [-0.2, 0) is 28.8 Å². The first-order valence-electron chi connectivity index (χ1n) is 13.9. The monoisotopic (exact) mass is 568 g/mol. The molecule has 0 spiro atoms. The Kier molecular flexibility index (Phi) is 12.3. The Balaban J connectivity index is 2.00. The topological polar surface area (TPSA) is 211 Å². The molecule has 2 saturated heterocycles. The predicted molar refractivity (Wildman–Crippen MR) is 143 cm³/mol. The molecule has 0 unspecified atom stereocenters. The molecule has 5 atom stereocenters. The summed E-state index contributed by atoms with van der Waals surface area (Å²) in [6.45, 7) is 6.68. The second-order valence-electron chi connectivity index (χ2n) is 11.2. The van der Waals surface area contributed by atoms with E-state index >= 15 is 0 Å². The summed E-state index contributed by atoms with van der Waals surface area (Å²) in [6.07, 6.45) is 2.17. The number of carboxylic acid groups (broad SMARTS) is 1. The van der Waals surface area contributed by atoms with Crippen LogP contribution >= 0.6 is 0 Å². The van der Waals surface area contributed by atoms with E-state index in [0.29, 0.717) is 32.1 Å². The van der Waals surface area contributed by atoms with Crippen molar-refractivity contribution in [2.45, 2.75) is 90.0 Å². The van der Waals surface area contributed by atoms with Gasteiger partial charge < -0.3 is 41.7 Å². The van der Waals surface area contributed by atoms with Crippen molar-refractivity contribution in [2.75, 3.05) is 26.2 Å². The molecular formula is C26H44N6O8. The van der Waals surface area contributed by atoms with E-state index in [2.05, 4.69) is 16.0 Å². The SMILES string of the molecule is CC(C)C[C@H](N)C(=O)NCC(=O)N1CCC[C@H]1C(=O)N[C@@H](CO)C(=O)N[C@H](C(=O)N1CCC[C@H]1C(=O)O)C(C)C. The van der Waals surface area contributed by atoms with Crippen molar-refractivity contribution in [1.82, 2.24) is 25.8 Å². The first kappa shape index (κ1) is 32.9. The van der Waals surface area contributed by atoms with Crippen LogP contribution in [0.5, 0.6) is 0 Å². The maximum Gasteiger partial charge on any atom is 0.326 e. The van der Waals surface area contributed by atoms with Gasteiger partial charge in [-0.3, -0.25) is 24.0 Å². The van der Waals surface area contributed by atoms with E-state index in [1.165, 1.54) is 9.80 Å². The summed E-state index contributed by atoms with van der Waals surface area (Å²) in [4.78, 5) is 78.2. The van der Waals surface area contributed by atoms with E-state index < -0.39 is 78.2 Å². The number of nitrogens with two attached hydrogens (primary N) is 1. The van der Waals surface area contributed by atoms with E-state index in [9.17, 15) is 39.0 Å². The number of likely N-dealkylation sites (tertiary alicyclic amines) is 2. The van der Waals surface area contributed by atoms with Crippen LogP contribution in [-0.4, -0.2) is 112 Å². The standard InChI is InChI=1S/C26H44N6O8/c1-14(2)11-16(27)22(35)28-12-20(34)31-9-5-7-18(31)24(37)29-17(13-33)23(36)30-21(15(3)4)25(38)32-10-6-8-19(32)26(39)40/h14-19,21,33H,5-13,27H2,1-4H3,(H,28,35)(H,29,37)(H,30,36)(H,39,40)/t16-,17-,18-,19-,21-/m0/s1. The van der Waals surface area contributed by atoms with Crippen LogP contribution in [0.1, 0.15) is 59.8 Å². The lowest BCUT2D eigenvalue weighted by Crippen LogP contribution is -2.59. The highest BCUT2D eigenvalue weighted by molar-refractivity contribution is 5.96. The number of nitrogens with one attached hydrogen (secondary N) is 3. The smallest absolute Gasteiger partial charge is 0.326 e. The van der Waals surface area contributed by atoms with Crippen molar-refractivity contribution >= 4 is 35.5 Å². The molecule has 0 aliphatic carbocycles. The number of nitrogens with zero attached hydrogens (tertiary/aromatic N) is 2. The fraction of sp³-hybridized carbons (Fsp3) is 0.769. The predicted octanol–water partition coefficient (Wildman–Crippen LogP) is -1.84. The number of carboxylic acids is 1. The molecule has 40 heavy (non-hydrogen) atoms. The minimum Gasteiger partial charge on any atom is -0.480 e. The van der Waals surface area contributed by atoms with Crippen molar-refractivity contribution in [3.63, 3.8) is 0 Å². The third-order valence-corrected chi connectivity index (χ3v) is 7.22. The summed E-state index contributed by atoms with van der Waals surface area (Å²) >= 11 is 0. The molecule has 14 nitrogen and oxygen atoms in total. The molecule has 5 amide bonds. The highest BCUT2D eigenvalue weighted by Gasteiger charge is 2.40. The molecule has 0 aromatic carbocycles. The molecule has 0 saturated carbocycles. The van der Waals surface area contributed by atoms with Gasteiger partial charge in [0.25, 0.3) is 0 Å². The lowest BCUT2D eigenvalue weighted by Gasteiger charge is -2.31. The summed E-state index contributed by atoms with van der Waals surface area (Å²) in [7, 11) is 0. The zero-order valence-corrected chi connectivity index (χ0v) is 23.7. The fourth-order valence-corrected chi connectivity index (χ4v) is 5.04. The van der Waals surface area contributed by atoms with Crippen LogP contribution in [0.4, 0.5) is 0 Å². The average Bonchev–Trinajstić information content (AvgIpc) is 3.58. The van der Waals surface area contributed by atoms with Crippen molar-refractivity contribution in [3.8, 4) is 0 Å². The zero-order chi connectivity index (χ0) is 30.1. The third-order valence-electron chi connectivity index (χ3n) is 7.22. The number of carbonyl (C=O) groups excluding carboxylic acids is 5. The number of hydrogen-bond acceptors (Lipinski definition) is 8. The molecule has 14 heteroatoms. The van der Waals surface area contributed by atoms with Gasteiger partial charge in [0.05, 0.1) is 19.2 Å². The lowest BCUT2D eigenvalue weighted by molar-refractivity contribution is -0.150. The van der Waals surface area contributed by atoms with Crippen LogP contribution in [0.2, 0.25) is 0 Å². The normalized spacial score (nSPS) is 21.2. The van der Waals surface area contributed by atoms with Crippen LogP contribution in [0, 0.1) is 11.8 Å². The second-order valence-corrected chi connectivity index (χ2v) is 11.2. The Labute approximate surface area is 234 Å². The Morgan fingerprint density at radius 3 is 2.05 bits per heavy atom. The Morgan fingerprint density at radius 2 is 1.50 bits per heavy atom. The molecule has 0 aromatic rings. The average molecular weight is 569 g/mol. The molecule has 2 aliphatic heterocycles. The Morgan fingerprint density at radius 1 is 0.900 bits per heavy atom. The van der Waals surface area contributed by atoms with Gasteiger partial charge in [-0.1, -0.05) is 27.7 Å². The van der Waals surface area contributed by atoms with Gasteiger partial charge in [-0.15, -0.1) is 0 Å². The summed E-state index contributed by atoms with van der Waals surface area (Å²) in [6, 6.07) is -5.09. The van der Waals surface area contributed by atoms with Gasteiger partial charge in [-0.25, -0.2) is 4.79 Å². The third kappa shape index (κ3) is 8.62. The number of hydrogen-bond donors (Lipinski definition) is 6. The summed E-state index contributed by atoms with van der Waals surface area (Å²) in [5.74, 6) is -4.25. The minimum absolute atomic E-state index is 0.204. The molecule has 2 heterocycles. The first-order chi connectivity index (χ1) is 18.8. The van der Waals surface area contributed by atoms with E-state index in [0.717, 1.165) is 0 Å². The highest BCUT2D eigenvalue weighted by atomic mass is 16.4. The number of carbonyl (C=O) groups is 6. The molecule has 2 fully saturated rings. The maximum atomic E-state index is 13.1. The van der Waals surface area contributed by atoms with E-state index in [4.69, 9.17) is 5.73 Å². The van der Waals surface area contributed by atoms with Gasteiger partial charge in [-0.2, -0.15) is 0 Å². The minimum atomic E-state index is -1.40. The molecule has 7 N–H and O–H groups in total. The zero-order valence-electron chi connectivity index (χ0n) is 23.7. The largest absolute Gasteiger partial charge is 0.480 e. The molecule has 0 bridgehead atoms. The van der Waals surface area contributed by atoms with Crippen LogP contribution in [0.15, 0.2) is 0 Å². The van der Waals surface area contributed by atoms with Gasteiger partial charge in [0, 0.05) is 13.1 Å². The summed E-state index contributed by atoms with van der Waals surface area (Å²) in [5, 5.41) is 26.8. The second kappa shape index (κ2) is 14.9. The molecule has 0 radical (unpaired) electrons. The maximum absolute atomic E-state index is 13.1. The Hall–Kier alpha value is -3.26. The van der Waals surface area contributed by atoms with Gasteiger partial charge in [0.15, 0.2) is 0 Å². The molecule has 2 rings (SSSR count). The van der Waals surface area contributed by atoms with Gasteiger partial charge in [0.1, 0.15) is 24.2 Å². The first-order valence-corrected chi connectivity index (χ1v) is 13.9. The van der Waals surface area contributed by atoms with Gasteiger partial charge in [0.2, 0.25) is 29.5 Å². The van der Waals surface area contributed by atoms with E-state index in [-0.39, 0.29) is 25.6 Å². The number of aliphatic hydroxyl groups is 1. The van der Waals surface area contributed by atoms with Crippen molar-refractivity contribution in [2.24, 2.45) is 17.6 Å². The molecular weight excluding hydrogens is 524 g/mol.